The zero-order valence-electron chi connectivity index (χ0n) is 9.45. The quantitative estimate of drug-likeness (QED) is 0.890. The molecule has 7 heteroatoms. The van der Waals surface area contributed by atoms with E-state index in [4.69, 9.17) is 28.9 Å². The highest BCUT2D eigenvalue weighted by molar-refractivity contribution is 6.44. The summed E-state index contributed by atoms with van der Waals surface area (Å²) in [5.74, 6) is 0.0221. The van der Waals surface area contributed by atoms with E-state index in [0.717, 1.165) is 0 Å². The van der Waals surface area contributed by atoms with Crippen molar-refractivity contribution in [3.63, 3.8) is 0 Å². The highest BCUT2D eigenvalue weighted by Gasteiger charge is 2.15. The minimum atomic E-state index is -0.391. The van der Waals surface area contributed by atoms with E-state index in [-0.39, 0.29) is 10.6 Å². The summed E-state index contributed by atoms with van der Waals surface area (Å²) in [6.07, 6.45) is 1.45. The lowest BCUT2D eigenvalue weighted by molar-refractivity contribution is 0.102. The van der Waals surface area contributed by atoms with Crippen LogP contribution in [0.25, 0.3) is 0 Å². The lowest BCUT2D eigenvalue weighted by Crippen LogP contribution is -2.16. The lowest BCUT2D eigenvalue weighted by Gasteiger charge is -2.08. The molecule has 94 valence electrons. The van der Waals surface area contributed by atoms with Crippen LogP contribution in [0, 0.1) is 0 Å². The van der Waals surface area contributed by atoms with Gasteiger partial charge in [0.2, 0.25) is 0 Å². The number of amides is 1. The second-order valence-electron chi connectivity index (χ2n) is 3.63. The maximum atomic E-state index is 12.0. The number of aromatic nitrogens is 2. The number of anilines is 2. The highest BCUT2D eigenvalue weighted by Crippen LogP contribution is 2.26. The topological polar surface area (TPSA) is 72.9 Å². The van der Waals surface area contributed by atoms with E-state index in [0.29, 0.717) is 16.5 Å². The fraction of sp³-hybridized carbons (Fsp3) is 0.0909. The van der Waals surface area contributed by atoms with Gasteiger partial charge < -0.3 is 11.1 Å². The zero-order valence-corrected chi connectivity index (χ0v) is 11.0. The number of nitrogens with two attached hydrogens (primary N) is 1. The van der Waals surface area contributed by atoms with Crippen molar-refractivity contribution in [3.05, 3.63) is 40.0 Å². The molecule has 1 amide bonds. The molecule has 18 heavy (non-hydrogen) atoms. The van der Waals surface area contributed by atoms with Gasteiger partial charge in [-0.2, -0.15) is 5.10 Å². The van der Waals surface area contributed by atoms with Crippen molar-refractivity contribution in [3.8, 4) is 0 Å². The smallest absolute Gasteiger partial charge is 0.258 e. The van der Waals surface area contributed by atoms with Crippen molar-refractivity contribution in [1.29, 1.82) is 0 Å². The Morgan fingerprint density at radius 1 is 1.44 bits per heavy atom. The molecule has 1 aromatic heterocycles. The molecular formula is C11H10Cl2N4O. The maximum absolute atomic E-state index is 12.0. The van der Waals surface area contributed by atoms with Crippen molar-refractivity contribution >= 4 is 40.6 Å². The molecular weight excluding hydrogens is 275 g/mol. The van der Waals surface area contributed by atoms with Crippen molar-refractivity contribution in [1.82, 2.24) is 9.78 Å². The molecule has 0 fully saturated rings. The summed E-state index contributed by atoms with van der Waals surface area (Å²) < 4.78 is 1.46. The Labute approximate surface area is 113 Å². The molecule has 0 saturated heterocycles. The first kappa shape index (κ1) is 12.7. The van der Waals surface area contributed by atoms with E-state index in [1.807, 2.05) is 0 Å². The highest BCUT2D eigenvalue weighted by atomic mass is 35.5. The second kappa shape index (κ2) is 4.88. The van der Waals surface area contributed by atoms with Gasteiger partial charge in [0.15, 0.2) is 5.82 Å². The molecule has 0 unspecified atom stereocenters. The normalized spacial score (nSPS) is 10.4. The predicted molar refractivity (Wildman–Crippen MR) is 72.0 cm³/mol. The van der Waals surface area contributed by atoms with E-state index >= 15 is 0 Å². The Kier molecular flexibility index (Phi) is 3.45. The SMILES string of the molecule is Cn1ncc(N)c1NC(=O)c1cccc(Cl)c1Cl. The minimum absolute atomic E-state index is 0.206. The van der Waals surface area contributed by atoms with Gasteiger partial charge in [-0.3, -0.25) is 9.48 Å². The van der Waals surface area contributed by atoms with Crippen LogP contribution in [0.5, 0.6) is 0 Å². The van der Waals surface area contributed by atoms with E-state index in [1.54, 1.807) is 25.2 Å². The predicted octanol–water partition coefficient (Wildman–Crippen LogP) is 2.56. The van der Waals surface area contributed by atoms with Gasteiger partial charge in [0, 0.05) is 7.05 Å². The first-order valence-electron chi connectivity index (χ1n) is 5.03. The van der Waals surface area contributed by atoms with E-state index in [9.17, 15) is 4.79 Å². The van der Waals surface area contributed by atoms with Gasteiger partial charge in [-0.15, -0.1) is 0 Å². The van der Waals surface area contributed by atoms with Crippen LogP contribution in [0.15, 0.2) is 24.4 Å². The summed E-state index contributed by atoms with van der Waals surface area (Å²) in [7, 11) is 1.67. The van der Waals surface area contributed by atoms with Crippen molar-refractivity contribution < 1.29 is 4.79 Å². The van der Waals surface area contributed by atoms with Gasteiger partial charge >= 0.3 is 0 Å². The summed E-state index contributed by atoms with van der Waals surface area (Å²) in [6, 6.07) is 4.84. The summed E-state index contributed by atoms with van der Waals surface area (Å²) in [6.45, 7) is 0. The second-order valence-corrected chi connectivity index (χ2v) is 4.41. The minimum Gasteiger partial charge on any atom is -0.394 e. The lowest BCUT2D eigenvalue weighted by atomic mass is 10.2. The fourth-order valence-corrected chi connectivity index (χ4v) is 1.85. The van der Waals surface area contributed by atoms with Crippen LogP contribution in [0.2, 0.25) is 10.0 Å². The van der Waals surface area contributed by atoms with Crippen LogP contribution >= 0.6 is 23.2 Å². The molecule has 5 nitrogen and oxygen atoms in total. The van der Waals surface area contributed by atoms with Crippen molar-refractivity contribution in [2.75, 3.05) is 11.1 Å². The van der Waals surface area contributed by atoms with Gasteiger partial charge in [-0.05, 0) is 12.1 Å². The first-order chi connectivity index (χ1) is 8.50. The molecule has 0 bridgehead atoms. The number of benzene rings is 1. The Balaban J connectivity index is 2.31. The number of carbonyl (C=O) groups is 1. The van der Waals surface area contributed by atoms with Crippen LogP contribution in [-0.2, 0) is 7.05 Å². The van der Waals surface area contributed by atoms with Crippen LogP contribution < -0.4 is 11.1 Å². The third kappa shape index (κ3) is 2.27. The number of carbonyl (C=O) groups excluding carboxylic acids is 1. The summed E-state index contributed by atoms with van der Waals surface area (Å²) in [5.41, 5.74) is 6.34. The number of hydrogen-bond donors (Lipinski definition) is 2. The molecule has 1 aromatic carbocycles. The van der Waals surface area contributed by atoms with Gasteiger partial charge in [0.1, 0.15) is 0 Å². The summed E-state index contributed by atoms with van der Waals surface area (Å²) in [5, 5.41) is 7.08. The molecule has 2 rings (SSSR count). The third-order valence-corrected chi connectivity index (χ3v) is 3.21. The van der Waals surface area contributed by atoms with Gasteiger partial charge in [0.25, 0.3) is 5.91 Å². The summed E-state index contributed by atoms with van der Waals surface area (Å²) >= 11 is 11.8. The zero-order chi connectivity index (χ0) is 13.3. The first-order valence-corrected chi connectivity index (χ1v) is 5.79. The Morgan fingerprint density at radius 2 is 2.17 bits per heavy atom. The maximum Gasteiger partial charge on any atom is 0.258 e. The van der Waals surface area contributed by atoms with Crippen LogP contribution in [0.3, 0.4) is 0 Å². The molecule has 0 radical (unpaired) electrons. The standard InChI is InChI=1S/C11H10Cl2N4O/c1-17-10(8(14)5-15-17)16-11(18)6-3-2-4-7(12)9(6)13/h2-5H,14H2,1H3,(H,16,18). The Bertz CT molecular complexity index is 590. The fourth-order valence-electron chi connectivity index (χ4n) is 1.46. The van der Waals surface area contributed by atoms with Crippen molar-refractivity contribution in [2.24, 2.45) is 7.05 Å². The molecule has 2 aromatic rings. The van der Waals surface area contributed by atoms with Gasteiger partial charge in [0.05, 0.1) is 27.5 Å². The number of rotatable bonds is 2. The van der Waals surface area contributed by atoms with Crippen LogP contribution in [-0.4, -0.2) is 15.7 Å². The number of halogens is 2. The van der Waals surface area contributed by atoms with E-state index in [1.165, 1.54) is 10.9 Å². The average molecular weight is 285 g/mol. The molecule has 1 heterocycles. The monoisotopic (exact) mass is 284 g/mol. The molecule has 0 atom stereocenters. The largest absolute Gasteiger partial charge is 0.394 e. The number of nitrogen functional groups attached to an aromatic ring is 1. The van der Waals surface area contributed by atoms with Gasteiger partial charge in [-0.25, -0.2) is 0 Å². The number of nitrogens with zero attached hydrogens (tertiary/aromatic N) is 2. The number of aryl methyl sites for hydroxylation is 1. The summed E-state index contributed by atoms with van der Waals surface area (Å²) in [4.78, 5) is 12.0. The average Bonchev–Trinajstić information content (AvgIpc) is 2.64. The molecule has 0 aliphatic carbocycles. The Hall–Kier alpha value is -1.72. The third-order valence-electron chi connectivity index (χ3n) is 2.40. The van der Waals surface area contributed by atoms with Crippen molar-refractivity contribution in [2.45, 2.75) is 0 Å². The molecule has 0 aliphatic rings. The molecule has 0 saturated carbocycles. The molecule has 0 spiro atoms. The molecule has 0 aliphatic heterocycles. The van der Waals surface area contributed by atoms with Crippen LogP contribution in [0.1, 0.15) is 10.4 Å². The van der Waals surface area contributed by atoms with E-state index in [2.05, 4.69) is 10.4 Å². The Morgan fingerprint density at radius 3 is 2.78 bits per heavy atom. The van der Waals surface area contributed by atoms with E-state index < -0.39 is 5.91 Å². The van der Waals surface area contributed by atoms with Crippen LogP contribution in [0.4, 0.5) is 11.5 Å². The van der Waals surface area contributed by atoms with Gasteiger partial charge in [-0.1, -0.05) is 29.3 Å². The number of hydrogen-bond acceptors (Lipinski definition) is 3. The number of nitrogens with one attached hydrogen (secondary N) is 1. The molecule has 3 N–H and O–H groups in total.